The van der Waals surface area contributed by atoms with Gasteiger partial charge in [-0.1, -0.05) is 43.7 Å². The minimum absolute atomic E-state index is 0.134. The van der Waals surface area contributed by atoms with Gasteiger partial charge in [-0.05, 0) is 59.7 Å². The second-order valence-electron chi connectivity index (χ2n) is 8.35. The zero-order valence-corrected chi connectivity index (χ0v) is 18.9. The van der Waals surface area contributed by atoms with E-state index in [-0.39, 0.29) is 17.9 Å². The molecule has 8 heteroatoms. The molecule has 0 spiro atoms. The van der Waals surface area contributed by atoms with E-state index >= 15 is 0 Å². The Labute approximate surface area is 187 Å². The summed E-state index contributed by atoms with van der Waals surface area (Å²) in [7, 11) is 1.85. The summed E-state index contributed by atoms with van der Waals surface area (Å²) in [6.45, 7) is 8.04. The van der Waals surface area contributed by atoms with Crippen molar-refractivity contribution in [1.82, 2.24) is 35.3 Å². The molecule has 1 amide bonds. The highest BCUT2D eigenvalue weighted by molar-refractivity contribution is 5.96. The van der Waals surface area contributed by atoms with E-state index in [4.69, 9.17) is 0 Å². The number of rotatable bonds is 6. The van der Waals surface area contributed by atoms with Crippen molar-refractivity contribution in [2.75, 3.05) is 0 Å². The molecule has 1 atom stereocenters. The summed E-state index contributed by atoms with van der Waals surface area (Å²) in [5.74, 6) is 0.686. The standard InChI is InChI=1S/C24H27N7O/c1-15(2)23-26-28-29-31(23)21-13-19(18-8-6-16(3)7-9-18)12-20(14-21)24(32)25-17(4)22-10-11-30(5)27-22/h6-15,17H,1-5H3,(H,25,32). The molecule has 32 heavy (non-hydrogen) atoms. The maximum atomic E-state index is 13.2. The molecule has 2 heterocycles. The number of tetrazole rings is 1. The number of hydrogen-bond donors (Lipinski definition) is 1. The molecular formula is C24H27N7O. The maximum Gasteiger partial charge on any atom is 0.251 e. The van der Waals surface area contributed by atoms with Crippen LogP contribution in [0.1, 0.15) is 60.2 Å². The Hall–Kier alpha value is -3.81. The van der Waals surface area contributed by atoms with Gasteiger partial charge in [-0.15, -0.1) is 5.10 Å². The van der Waals surface area contributed by atoms with E-state index in [9.17, 15) is 4.79 Å². The summed E-state index contributed by atoms with van der Waals surface area (Å²) in [6, 6.07) is 15.6. The fourth-order valence-corrected chi connectivity index (χ4v) is 3.53. The molecule has 4 aromatic rings. The van der Waals surface area contributed by atoms with Gasteiger partial charge in [-0.25, -0.2) is 0 Å². The van der Waals surface area contributed by atoms with Gasteiger partial charge in [-0.3, -0.25) is 9.48 Å². The third-order valence-electron chi connectivity index (χ3n) is 5.34. The summed E-state index contributed by atoms with van der Waals surface area (Å²) in [5, 5.41) is 19.6. The van der Waals surface area contributed by atoms with Crippen molar-refractivity contribution in [3.8, 4) is 16.8 Å². The van der Waals surface area contributed by atoms with Crippen LogP contribution in [-0.4, -0.2) is 35.9 Å². The Morgan fingerprint density at radius 3 is 2.41 bits per heavy atom. The number of nitrogens with zero attached hydrogens (tertiary/aromatic N) is 6. The predicted octanol–water partition coefficient (Wildman–Crippen LogP) is 3.99. The Balaban J connectivity index is 1.75. The first-order chi connectivity index (χ1) is 15.3. The van der Waals surface area contributed by atoms with Crippen LogP contribution in [-0.2, 0) is 7.05 Å². The molecule has 2 aromatic carbocycles. The van der Waals surface area contributed by atoms with E-state index in [1.807, 2.05) is 65.2 Å². The average molecular weight is 430 g/mol. The molecule has 2 aromatic heterocycles. The lowest BCUT2D eigenvalue weighted by molar-refractivity contribution is 0.0939. The zero-order valence-electron chi connectivity index (χ0n) is 18.9. The Kier molecular flexibility index (Phi) is 5.85. The van der Waals surface area contributed by atoms with Crippen molar-refractivity contribution in [3.05, 3.63) is 77.4 Å². The molecule has 164 valence electrons. The van der Waals surface area contributed by atoms with Crippen molar-refractivity contribution in [2.24, 2.45) is 7.05 Å². The number of carbonyl (C=O) groups excluding carboxylic acids is 1. The normalized spacial score (nSPS) is 12.2. The van der Waals surface area contributed by atoms with Crippen LogP contribution >= 0.6 is 0 Å². The van der Waals surface area contributed by atoms with E-state index < -0.39 is 0 Å². The molecule has 8 nitrogen and oxygen atoms in total. The lowest BCUT2D eigenvalue weighted by atomic mass is 10.00. The van der Waals surface area contributed by atoms with Gasteiger partial charge in [0.25, 0.3) is 5.91 Å². The van der Waals surface area contributed by atoms with Crippen LogP contribution in [0.3, 0.4) is 0 Å². The lowest BCUT2D eigenvalue weighted by Gasteiger charge is -2.15. The minimum atomic E-state index is -0.227. The number of benzene rings is 2. The number of aromatic nitrogens is 6. The molecule has 1 N–H and O–H groups in total. The Bertz CT molecular complexity index is 1240. The van der Waals surface area contributed by atoms with E-state index in [2.05, 4.69) is 50.2 Å². The summed E-state index contributed by atoms with van der Waals surface area (Å²) >= 11 is 0. The van der Waals surface area contributed by atoms with Crippen LogP contribution in [0.4, 0.5) is 0 Å². The number of amides is 1. The number of hydrogen-bond acceptors (Lipinski definition) is 5. The van der Waals surface area contributed by atoms with E-state index in [0.29, 0.717) is 5.56 Å². The van der Waals surface area contributed by atoms with Crippen LogP contribution in [0.2, 0.25) is 0 Å². The SMILES string of the molecule is Cc1ccc(-c2cc(C(=O)NC(C)c3ccn(C)n3)cc(-n3nnnc3C(C)C)c2)cc1. The first-order valence-electron chi connectivity index (χ1n) is 10.6. The van der Waals surface area contributed by atoms with Gasteiger partial charge in [0.2, 0.25) is 0 Å². The van der Waals surface area contributed by atoms with Gasteiger partial charge in [-0.2, -0.15) is 9.78 Å². The summed E-state index contributed by atoms with van der Waals surface area (Å²) in [5.41, 5.74) is 5.19. The Morgan fingerprint density at radius 1 is 1.00 bits per heavy atom. The van der Waals surface area contributed by atoms with Crippen molar-refractivity contribution in [3.63, 3.8) is 0 Å². The smallest absolute Gasteiger partial charge is 0.251 e. The molecule has 0 saturated carbocycles. The molecular weight excluding hydrogens is 402 g/mol. The summed E-state index contributed by atoms with van der Waals surface area (Å²) < 4.78 is 3.42. The zero-order chi connectivity index (χ0) is 22.8. The van der Waals surface area contributed by atoms with Crippen LogP contribution in [0.15, 0.2) is 54.7 Å². The van der Waals surface area contributed by atoms with Crippen LogP contribution in [0.25, 0.3) is 16.8 Å². The van der Waals surface area contributed by atoms with Gasteiger partial charge < -0.3 is 5.32 Å². The summed E-state index contributed by atoms with van der Waals surface area (Å²) in [6.07, 6.45) is 1.86. The molecule has 4 rings (SSSR count). The topological polar surface area (TPSA) is 90.5 Å². The van der Waals surface area contributed by atoms with Gasteiger partial charge in [0.15, 0.2) is 5.82 Å². The van der Waals surface area contributed by atoms with Gasteiger partial charge in [0.1, 0.15) is 0 Å². The molecule has 0 saturated heterocycles. The van der Waals surface area contributed by atoms with E-state index in [0.717, 1.165) is 28.3 Å². The second kappa shape index (κ2) is 8.74. The van der Waals surface area contributed by atoms with Crippen LogP contribution in [0, 0.1) is 6.92 Å². The van der Waals surface area contributed by atoms with Gasteiger partial charge in [0.05, 0.1) is 17.4 Å². The molecule has 0 bridgehead atoms. The van der Waals surface area contributed by atoms with Crippen LogP contribution in [0.5, 0.6) is 0 Å². The van der Waals surface area contributed by atoms with Crippen LogP contribution < -0.4 is 5.32 Å². The molecule has 0 radical (unpaired) electrons. The van der Waals surface area contributed by atoms with Crippen molar-refractivity contribution in [1.29, 1.82) is 0 Å². The van der Waals surface area contributed by atoms with Crippen molar-refractivity contribution >= 4 is 5.91 Å². The largest absolute Gasteiger partial charge is 0.344 e. The highest BCUT2D eigenvalue weighted by atomic mass is 16.1. The molecule has 0 aliphatic carbocycles. The first kappa shape index (κ1) is 21.4. The third kappa shape index (κ3) is 4.44. The highest BCUT2D eigenvalue weighted by Crippen LogP contribution is 2.26. The average Bonchev–Trinajstić information content (AvgIpc) is 3.43. The molecule has 0 fully saturated rings. The Morgan fingerprint density at radius 2 is 1.75 bits per heavy atom. The summed E-state index contributed by atoms with van der Waals surface area (Å²) in [4.78, 5) is 13.2. The fourth-order valence-electron chi connectivity index (χ4n) is 3.53. The van der Waals surface area contributed by atoms with E-state index in [1.54, 1.807) is 9.36 Å². The minimum Gasteiger partial charge on any atom is -0.344 e. The van der Waals surface area contributed by atoms with Crippen molar-refractivity contribution < 1.29 is 4.79 Å². The quantitative estimate of drug-likeness (QED) is 0.501. The fraction of sp³-hybridized carbons (Fsp3) is 0.292. The number of nitrogens with one attached hydrogen (secondary N) is 1. The molecule has 0 aliphatic rings. The first-order valence-corrected chi connectivity index (χ1v) is 10.6. The predicted molar refractivity (Wildman–Crippen MR) is 123 cm³/mol. The number of carbonyl (C=O) groups is 1. The second-order valence-corrected chi connectivity index (χ2v) is 8.35. The van der Waals surface area contributed by atoms with Crippen molar-refractivity contribution in [2.45, 2.75) is 39.7 Å². The molecule has 1 unspecified atom stereocenters. The van der Waals surface area contributed by atoms with Gasteiger partial charge in [0, 0.05) is 24.7 Å². The molecule has 0 aliphatic heterocycles. The monoisotopic (exact) mass is 429 g/mol. The lowest BCUT2D eigenvalue weighted by Crippen LogP contribution is -2.27. The maximum absolute atomic E-state index is 13.2. The third-order valence-corrected chi connectivity index (χ3v) is 5.34. The van der Waals surface area contributed by atoms with E-state index in [1.165, 1.54) is 5.56 Å². The number of aryl methyl sites for hydroxylation is 2. The highest BCUT2D eigenvalue weighted by Gasteiger charge is 2.18. The van der Waals surface area contributed by atoms with Gasteiger partial charge >= 0.3 is 0 Å².